The highest BCUT2D eigenvalue weighted by atomic mass is 32.2. The highest BCUT2D eigenvalue weighted by Crippen LogP contribution is 2.23. The lowest BCUT2D eigenvalue weighted by Crippen LogP contribution is -2.13. The van der Waals surface area contributed by atoms with Crippen molar-refractivity contribution in [3.8, 4) is 5.75 Å². The number of non-ortho nitro benzene ring substituents is 1. The number of nitro groups is 1. The summed E-state index contributed by atoms with van der Waals surface area (Å²) < 4.78 is 29.3. The minimum Gasteiger partial charge on any atom is -0.382 e. The largest absolute Gasteiger partial charge is 0.382 e. The maximum absolute atomic E-state index is 12.1. The third-order valence-corrected chi connectivity index (χ3v) is 4.38. The number of rotatable bonds is 5. The van der Waals surface area contributed by atoms with Crippen LogP contribution in [-0.2, 0) is 15.9 Å². The molecule has 2 rings (SSSR count). The molecule has 0 aliphatic carbocycles. The summed E-state index contributed by atoms with van der Waals surface area (Å²) >= 11 is 0. The maximum Gasteiger partial charge on any atom is 0.313 e. The van der Waals surface area contributed by atoms with Crippen LogP contribution in [0, 0.1) is 24.0 Å². The molecule has 0 atom stereocenters. The SMILES string of the molecule is Cc1cccc(OS(=O)(=O)Cc2ccc([N+](=O)[O-])cc2)c1C. The Morgan fingerprint density at radius 1 is 1.09 bits per heavy atom. The summed E-state index contributed by atoms with van der Waals surface area (Å²) in [5.74, 6) is -0.0554. The van der Waals surface area contributed by atoms with Crippen LogP contribution in [0.4, 0.5) is 5.69 Å². The molecular formula is C15H15NO5S. The predicted molar refractivity (Wildman–Crippen MR) is 82.3 cm³/mol. The van der Waals surface area contributed by atoms with Gasteiger partial charge in [-0.15, -0.1) is 0 Å². The van der Waals surface area contributed by atoms with Gasteiger partial charge in [-0.05, 0) is 36.6 Å². The van der Waals surface area contributed by atoms with Crippen LogP contribution in [0.5, 0.6) is 5.75 Å². The van der Waals surface area contributed by atoms with Gasteiger partial charge >= 0.3 is 10.1 Å². The second-order valence-corrected chi connectivity index (χ2v) is 6.48. The number of benzene rings is 2. The Morgan fingerprint density at radius 2 is 1.73 bits per heavy atom. The average molecular weight is 321 g/mol. The van der Waals surface area contributed by atoms with Crippen LogP contribution in [0.25, 0.3) is 0 Å². The molecule has 0 spiro atoms. The zero-order valence-electron chi connectivity index (χ0n) is 12.1. The lowest BCUT2D eigenvalue weighted by molar-refractivity contribution is -0.384. The van der Waals surface area contributed by atoms with Gasteiger partial charge in [-0.3, -0.25) is 10.1 Å². The van der Waals surface area contributed by atoms with Crippen molar-refractivity contribution in [2.75, 3.05) is 0 Å². The quantitative estimate of drug-likeness (QED) is 0.480. The first-order chi connectivity index (χ1) is 10.3. The molecule has 0 aromatic heterocycles. The van der Waals surface area contributed by atoms with Crippen LogP contribution in [0.15, 0.2) is 42.5 Å². The molecule has 6 nitrogen and oxygen atoms in total. The first-order valence-electron chi connectivity index (χ1n) is 6.50. The molecule has 0 N–H and O–H groups in total. The average Bonchev–Trinajstić information content (AvgIpc) is 2.44. The van der Waals surface area contributed by atoms with Crippen molar-refractivity contribution in [2.24, 2.45) is 0 Å². The van der Waals surface area contributed by atoms with Crippen LogP contribution >= 0.6 is 0 Å². The van der Waals surface area contributed by atoms with Gasteiger partial charge in [-0.2, -0.15) is 8.42 Å². The van der Waals surface area contributed by atoms with E-state index in [1.807, 2.05) is 13.0 Å². The summed E-state index contributed by atoms with van der Waals surface area (Å²) in [6.45, 7) is 3.65. The van der Waals surface area contributed by atoms with Crippen molar-refractivity contribution < 1.29 is 17.5 Å². The van der Waals surface area contributed by atoms with Crippen LogP contribution in [0.3, 0.4) is 0 Å². The lowest BCUT2D eigenvalue weighted by Gasteiger charge is -2.10. The third kappa shape index (κ3) is 3.82. The van der Waals surface area contributed by atoms with Crippen molar-refractivity contribution in [3.63, 3.8) is 0 Å². The van der Waals surface area contributed by atoms with E-state index >= 15 is 0 Å². The minimum absolute atomic E-state index is 0.0865. The molecular weight excluding hydrogens is 306 g/mol. The van der Waals surface area contributed by atoms with Crippen LogP contribution in [0.1, 0.15) is 16.7 Å². The van der Waals surface area contributed by atoms with E-state index in [4.69, 9.17) is 4.18 Å². The Kier molecular flexibility index (Phi) is 4.46. The zero-order valence-corrected chi connectivity index (χ0v) is 13.0. The summed E-state index contributed by atoms with van der Waals surface area (Å²) in [5, 5.41) is 10.6. The molecule has 0 heterocycles. The summed E-state index contributed by atoms with van der Waals surface area (Å²) in [7, 11) is -3.83. The van der Waals surface area contributed by atoms with Crippen molar-refractivity contribution >= 4 is 15.8 Å². The lowest BCUT2D eigenvalue weighted by atomic mass is 10.1. The van der Waals surface area contributed by atoms with E-state index in [0.717, 1.165) is 11.1 Å². The van der Waals surface area contributed by atoms with Gasteiger partial charge in [-0.25, -0.2) is 0 Å². The van der Waals surface area contributed by atoms with Gasteiger partial charge in [0.1, 0.15) is 11.5 Å². The molecule has 0 aliphatic heterocycles. The van der Waals surface area contributed by atoms with Crippen molar-refractivity contribution in [1.29, 1.82) is 0 Å². The second-order valence-electron chi connectivity index (χ2n) is 4.91. The fraction of sp³-hybridized carbons (Fsp3) is 0.200. The Bertz CT molecular complexity index is 797. The predicted octanol–water partition coefficient (Wildman–Crippen LogP) is 3.12. The molecule has 22 heavy (non-hydrogen) atoms. The second kappa shape index (κ2) is 6.15. The number of hydrogen-bond acceptors (Lipinski definition) is 5. The van der Waals surface area contributed by atoms with Gasteiger partial charge in [0.25, 0.3) is 5.69 Å². The van der Waals surface area contributed by atoms with E-state index in [9.17, 15) is 18.5 Å². The number of nitro benzene ring substituents is 1. The van der Waals surface area contributed by atoms with Gasteiger partial charge < -0.3 is 4.18 Å². The fourth-order valence-electron chi connectivity index (χ4n) is 1.90. The normalized spacial score (nSPS) is 11.2. The van der Waals surface area contributed by atoms with E-state index < -0.39 is 15.0 Å². The van der Waals surface area contributed by atoms with Gasteiger partial charge in [0.15, 0.2) is 0 Å². The Labute approximate surface area is 128 Å². The Hall–Kier alpha value is -2.41. The van der Waals surface area contributed by atoms with E-state index in [0.29, 0.717) is 11.3 Å². The summed E-state index contributed by atoms with van der Waals surface area (Å²) in [6.07, 6.45) is 0. The first-order valence-corrected chi connectivity index (χ1v) is 8.08. The molecule has 0 amide bonds. The molecule has 0 aliphatic rings. The van der Waals surface area contributed by atoms with Gasteiger partial charge in [0.05, 0.1) is 4.92 Å². The van der Waals surface area contributed by atoms with Crippen LogP contribution in [0.2, 0.25) is 0 Å². The molecule has 2 aromatic rings. The van der Waals surface area contributed by atoms with Crippen molar-refractivity contribution in [1.82, 2.24) is 0 Å². The molecule has 0 saturated carbocycles. The highest BCUT2D eigenvalue weighted by molar-refractivity contribution is 7.86. The molecule has 0 unspecified atom stereocenters. The van der Waals surface area contributed by atoms with Crippen LogP contribution in [-0.4, -0.2) is 13.3 Å². The topological polar surface area (TPSA) is 86.5 Å². The van der Waals surface area contributed by atoms with Crippen molar-refractivity contribution in [3.05, 3.63) is 69.3 Å². The van der Waals surface area contributed by atoms with Crippen molar-refractivity contribution in [2.45, 2.75) is 19.6 Å². The number of aryl methyl sites for hydroxylation is 1. The van der Waals surface area contributed by atoms with Gasteiger partial charge in [0, 0.05) is 12.1 Å². The molecule has 7 heteroatoms. The Balaban J connectivity index is 2.17. The smallest absolute Gasteiger partial charge is 0.313 e. The zero-order chi connectivity index (χ0) is 16.3. The maximum atomic E-state index is 12.1. The molecule has 0 saturated heterocycles. The summed E-state index contributed by atoms with van der Waals surface area (Å²) in [4.78, 5) is 10.0. The molecule has 116 valence electrons. The molecule has 0 bridgehead atoms. The molecule has 0 fully saturated rings. The third-order valence-electron chi connectivity index (χ3n) is 3.26. The van der Waals surface area contributed by atoms with Gasteiger partial charge in [-0.1, -0.05) is 24.3 Å². The summed E-state index contributed by atoms with van der Waals surface area (Å²) in [6, 6.07) is 10.5. The monoisotopic (exact) mass is 321 g/mol. The number of nitrogens with zero attached hydrogens (tertiary/aromatic N) is 1. The molecule has 0 radical (unpaired) electrons. The number of hydrogen-bond donors (Lipinski definition) is 0. The van der Waals surface area contributed by atoms with E-state index in [2.05, 4.69) is 0 Å². The van der Waals surface area contributed by atoms with Gasteiger partial charge in [0.2, 0.25) is 0 Å². The first kappa shape index (κ1) is 16.0. The Morgan fingerprint density at radius 3 is 2.32 bits per heavy atom. The van der Waals surface area contributed by atoms with Crippen LogP contribution < -0.4 is 4.18 Å². The van der Waals surface area contributed by atoms with E-state index in [-0.39, 0.29) is 11.4 Å². The van der Waals surface area contributed by atoms with E-state index in [1.165, 1.54) is 24.3 Å². The highest BCUT2D eigenvalue weighted by Gasteiger charge is 2.16. The standard InChI is InChI=1S/C15H15NO5S/c1-11-4-3-5-15(12(11)2)21-22(19,20)10-13-6-8-14(9-7-13)16(17)18/h3-9H,10H2,1-2H3. The minimum atomic E-state index is -3.83. The van der Waals surface area contributed by atoms with E-state index in [1.54, 1.807) is 19.1 Å². The fourth-order valence-corrected chi connectivity index (χ4v) is 3.01. The summed E-state index contributed by atoms with van der Waals surface area (Å²) in [5.41, 5.74) is 2.03. The molecule has 2 aromatic carbocycles.